The van der Waals surface area contributed by atoms with Gasteiger partial charge in [-0.1, -0.05) is 49.7 Å². The van der Waals surface area contributed by atoms with Gasteiger partial charge in [0, 0.05) is 12.1 Å². The van der Waals surface area contributed by atoms with E-state index in [1.54, 1.807) is 36.0 Å². The summed E-state index contributed by atoms with van der Waals surface area (Å²) < 4.78 is 31.2. The van der Waals surface area contributed by atoms with Crippen LogP contribution in [0.4, 0.5) is 5.69 Å². The molecule has 3 aromatic rings. The van der Waals surface area contributed by atoms with E-state index in [2.05, 4.69) is 4.72 Å². The second-order valence-corrected chi connectivity index (χ2v) is 8.57. The van der Waals surface area contributed by atoms with E-state index in [0.717, 1.165) is 0 Å². The van der Waals surface area contributed by atoms with Gasteiger partial charge in [-0.25, -0.2) is 13.1 Å². The van der Waals surface area contributed by atoms with Crippen LogP contribution in [0.3, 0.4) is 0 Å². The van der Waals surface area contributed by atoms with Gasteiger partial charge in [0.2, 0.25) is 0 Å². The summed E-state index contributed by atoms with van der Waals surface area (Å²) in [6, 6.07) is 15.0. The highest BCUT2D eigenvalue weighted by Crippen LogP contribution is 2.26. The third-order valence-electron chi connectivity index (χ3n) is 4.20. The standard InChI is InChI=1S/C19H20ClN3O3S/c1-13(2)18-17(21-27(25,26)16-11-7-8-14(20)12-16)19(24)23(22(18)3)15-9-5-4-6-10-15/h4-13,21H,1-3H3. The fourth-order valence-corrected chi connectivity index (χ4v) is 4.44. The van der Waals surface area contributed by atoms with Crippen LogP contribution in [0.25, 0.3) is 5.69 Å². The van der Waals surface area contributed by atoms with Gasteiger partial charge < -0.3 is 0 Å². The highest BCUT2D eigenvalue weighted by atomic mass is 35.5. The average Bonchev–Trinajstić information content (AvgIpc) is 2.85. The Balaban J connectivity index is 2.17. The van der Waals surface area contributed by atoms with Gasteiger partial charge in [-0.3, -0.25) is 14.2 Å². The van der Waals surface area contributed by atoms with Crippen LogP contribution in [0, 0.1) is 0 Å². The fourth-order valence-electron chi connectivity index (χ4n) is 3.07. The molecule has 27 heavy (non-hydrogen) atoms. The molecule has 0 atom stereocenters. The molecule has 2 aromatic carbocycles. The second-order valence-electron chi connectivity index (χ2n) is 6.45. The molecule has 142 valence electrons. The predicted molar refractivity (Wildman–Crippen MR) is 107 cm³/mol. The van der Waals surface area contributed by atoms with Crippen molar-refractivity contribution in [2.24, 2.45) is 7.05 Å². The van der Waals surface area contributed by atoms with Crippen molar-refractivity contribution in [1.29, 1.82) is 0 Å². The van der Waals surface area contributed by atoms with Crippen molar-refractivity contribution in [3.05, 3.63) is 75.7 Å². The molecule has 8 heteroatoms. The summed E-state index contributed by atoms with van der Waals surface area (Å²) in [5.41, 5.74) is 0.851. The summed E-state index contributed by atoms with van der Waals surface area (Å²) in [6.45, 7) is 3.81. The number of aromatic nitrogens is 2. The van der Waals surface area contributed by atoms with Crippen LogP contribution >= 0.6 is 11.6 Å². The Kier molecular flexibility index (Phi) is 5.17. The number of hydrogen-bond acceptors (Lipinski definition) is 3. The highest BCUT2D eigenvalue weighted by Gasteiger charge is 2.26. The molecular formula is C19H20ClN3O3S. The first-order chi connectivity index (χ1) is 12.7. The molecule has 1 heterocycles. The van der Waals surface area contributed by atoms with Gasteiger partial charge in [0.05, 0.1) is 16.3 Å². The predicted octanol–water partition coefficient (Wildman–Crippen LogP) is 3.75. The second kappa shape index (κ2) is 7.25. The zero-order valence-corrected chi connectivity index (χ0v) is 16.8. The summed E-state index contributed by atoms with van der Waals surface area (Å²) in [5.74, 6) is -0.0790. The molecular weight excluding hydrogens is 386 g/mol. The number of sulfonamides is 1. The van der Waals surface area contributed by atoms with Gasteiger partial charge in [-0.2, -0.15) is 0 Å². The molecule has 1 aromatic heterocycles. The topological polar surface area (TPSA) is 73.1 Å². The van der Waals surface area contributed by atoms with E-state index < -0.39 is 15.6 Å². The Morgan fingerprint density at radius 2 is 1.70 bits per heavy atom. The minimum absolute atomic E-state index is 0.000722. The Labute approximate surface area is 163 Å². The fraction of sp³-hybridized carbons (Fsp3) is 0.211. The number of nitrogens with zero attached hydrogens (tertiary/aromatic N) is 2. The average molecular weight is 406 g/mol. The van der Waals surface area contributed by atoms with E-state index in [0.29, 0.717) is 16.4 Å². The molecule has 1 N–H and O–H groups in total. The first-order valence-corrected chi connectivity index (χ1v) is 10.2. The third kappa shape index (κ3) is 3.65. The minimum Gasteiger partial charge on any atom is -0.283 e. The lowest BCUT2D eigenvalue weighted by atomic mass is 10.1. The minimum atomic E-state index is -3.96. The zero-order valence-electron chi connectivity index (χ0n) is 15.2. The molecule has 6 nitrogen and oxygen atoms in total. The summed E-state index contributed by atoms with van der Waals surface area (Å²) in [6.07, 6.45) is 0. The first-order valence-electron chi connectivity index (χ1n) is 8.38. The Morgan fingerprint density at radius 3 is 2.30 bits per heavy atom. The summed E-state index contributed by atoms with van der Waals surface area (Å²) in [7, 11) is -2.22. The molecule has 0 aliphatic carbocycles. The van der Waals surface area contributed by atoms with E-state index >= 15 is 0 Å². The van der Waals surface area contributed by atoms with Crippen molar-refractivity contribution >= 4 is 27.3 Å². The molecule has 0 spiro atoms. The molecule has 0 unspecified atom stereocenters. The Hall–Kier alpha value is -2.51. The van der Waals surface area contributed by atoms with E-state index in [1.807, 2.05) is 32.0 Å². The normalized spacial score (nSPS) is 11.7. The van der Waals surface area contributed by atoms with E-state index in [-0.39, 0.29) is 16.5 Å². The van der Waals surface area contributed by atoms with Crippen LogP contribution in [-0.4, -0.2) is 17.8 Å². The number of benzene rings is 2. The molecule has 0 radical (unpaired) electrons. The molecule has 0 saturated heterocycles. The van der Waals surface area contributed by atoms with Gasteiger partial charge in [0.15, 0.2) is 0 Å². The number of rotatable bonds is 5. The SMILES string of the molecule is CC(C)c1c(NS(=O)(=O)c2cccc(Cl)c2)c(=O)n(-c2ccccc2)n1C. The van der Waals surface area contributed by atoms with Crippen LogP contribution in [0.2, 0.25) is 5.02 Å². The summed E-state index contributed by atoms with van der Waals surface area (Å²) >= 11 is 5.91. The smallest absolute Gasteiger partial charge is 0.283 e. The van der Waals surface area contributed by atoms with Crippen molar-refractivity contribution in [2.75, 3.05) is 4.72 Å². The number of hydrogen-bond donors (Lipinski definition) is 1. The van der Waals surface area contributed by atoms with Crippen molar-refractivity contribution in [3.63, 3.8) is 0 Å². The van der Waals surface area contributed by atoms with Gasteiger partial charge in [0.1, 0.15) is 5.69 Å². The monoisotopic (exact) mass is 405 g/mol. The maximum atomic E-state index is 13.1. The lowest BCUT2D eigenvalue weighted by Crippen LogP contribution is -2.23. The van der Waals surface area contributed by atoms with Gasteiger partial charge >= 0.3 is 0 Å². The molecule has 0 fully saturated rings. The van der Waals surface area contributed by atoms with Crippen molar-refractivity contribution in [2.45, 2.75) is 24.7 Å². The van der Waals surface area contributed by atoms with Crippen LogP contribution in [-0.2, 0) is 17.1 Å². The summed E-state index contributed by atoms with van der Waals surface area (Å²) in [5, 5.41) is 0.303. The maximum Gasteiger partial charge on any atom is 0.296 e. The van der Waals surface area contributed by atoms with E-state index in [1.165, 1.54) is 16.8 Å². The van der Waals surface area contributed by atoms with Crippen molar-refractivity contribution in [3.8, 4) is 5.69 Å². The van der Waals surface area contributed by atoms with Crippen molar-refractivity contribution in [1.82, 2.24) is 9.36 Å². The Morgan fingerprint density at radius 1 is 1.04 bits per heavy atom. The van der Waals surface area contributed by atoms with Crippen LogP contribution < -0.4 is 10.3 Å². The van der Waals surface area contributed by atoms with Gasteiger partial charge in [-0.05, 0) is 36.2 Å². The summed E-state index contributed by atoms with van der Waals surface area (Å²) in [4.78, 5) is 13.1. The van der Waals surface area contributed by atoms with Crippen LogP contribution in [0.15, 0.2) is 64.3 Å². The number of halogens is 1. The van der Waals surface area contributed by atoms with E-state index in [9.17, 15) is 13.2 Å². The van der Waals surface area contributed by atoms with Gasteiger partial charge in [-0.15, -0.1) is 0 Å². The molecule has 0 saturated carbocycles. The molecule has 0 bridgehead atoms. The third-order valence-corrected chi connectivity index (χ3v) is 5.78. The lowest BCUT2D eigenvalue weighted by Gasteiger charge is -2.13. The van der Waals surface area contributed by atoms with Crippen molar-refractivity contribution < 1.29 is 8.42 Å². The highest BCUT2D eigenvalue weighted by molar-refractivity contribution is 7.92. The molecule has 0 aliphatic heterocycles. The van der Waals surface area contributed by atoms with Crippen LogP contribution in [0.1, 0.15) is 25.5 Å². The number of anilines is 1. The van der Waals surface area contributed by atoms with Gasteiger partial charge in [0.25, 0.3) is 15.6 Å². The zero-order chi connectivity index (χ0) is 19.8. The largest absolute Gasteiger partial charge is 0.296 e. The van der Waals surface area contributed by atoms with E-state index in [4.69, 9.17) is 11.6 Å². The molecule has 3 rings (SSSR count). The number of para-hydroxylation sites is 1. The first kappa shape index (κ1) is 19.3. The quantitative estimate of drug-likeness (QED) is 0.702. The molecule has 0 aliphatic rings. The number of nitrogens with one attached hydrogen (secondary N) is 1. The lowest BCUT2D eigenvalue weighted by molar-refractivity contribution is 0.594. The molecule has 0 amide bonds. The maximum absolute atomic E-state index is 13.1. The van der Waals surface area contributed by atoms with Crippen LogP contribution in [0.5, 0.6) is 0 Å². The Bertz CT molecular complexity index is 1130.